The Labute approximate surface area is 230 Å². The smallest absolute Gasteiger partial charge is 0.124 e. The SMILES string of the molecule is C=CC=NC(=C)CN(Cc1ccccn1)Cc1cccc(CN(Cc2ccccn2)Cc2ccccn2)c1O. The molecule has 39 heavy (non-hydrogen) atoms. The summed E-state index contributed by atoms with van der Waals surface area (Å²) in [5.41, 5.74) is 5.25. The molecular weight excluding hydrogens is 484 g/mol. The van der Waals surface area contributed by atoms with E-state index in [4.69, 9.17) is 0 Å². The normalized spacial score (nSPS) is 11.3. The fourth-order valence-electron chi connectivity index (χ4n) is 4.34. The van der Waals surface area contributed by atoms with Gasteiger partial charge in [0.15, 0.2) is 0 Å². The van der Waals surface area contributed by atoms with Crippen LogP contribution in [0.4, 0.5) is 0 Å². The summed E-state index contributed by atoms with van der Waals surface area (Å²) in [6.45, 7) is 11.2. The highest BCUT2D eigenvalue weighted by molar-refractivity contribution is 5.71. The lowest BCUT2D eigenvalue weighted by atomic mass is 10.1. The van der Waals surface area contributed by atoms with E-state index in [1.807, 2.05) is 72.8 Å². The number of hydrogen-bond donors (Lipinski definition) is 1. The molecule has 0 bridgehead atoms. The van der Waals surface area contributed by atoms with Gasteiger partial charge >= 0.3 is 0 Å². The number of para-hydroxylation sites is 1. The van der Waals surface area contributed by atoms with Gasteiger partial charge in [0.25, 0.3) is 0 Å². The number of nitrogens with zero attached hydrogens (tertiary/aromatic N) is 6. The summed E-state index contributed by atoms with van der Waals surface area (Å²) in [6.07, 6.45) is 8.65. The van der Waals surface area contributed by atoms with Gasteiger partial charge in [0.05, 0.1) is 17.1 Å². The monoisotopic (exact) mass is 518 g/mol. The topological polar surface area (TPSA) is 77.7 Å². The zero-order valence-electron chi connectivity index (χ0n) is 22.1. The lowest BCUT2D eigenvalue weighted by molar-refractivity contribution is 0.237. The first kappa shape index (κ1) is 27.6. The largest absolute Gasteiger partial charge is 0.507 e. The molecule has 0 spiro atoms. The maximum Gasteiger partial charge on any atom is 0.124 e. The zero-order chi connectivity index (χ0) is 27.3. The standard InChI is InChI=1S/C32H34N6O/c1-3-16-33-26(2)20-37(23-29-13-4-7-17-34-29)21-27-11-10-12-28(32(27)39)22-38(24-30-14-5-8-18-35-30)25-31-15-6-9-19-36-31/h3-19,39H,1-2,20-25H2. The van der Waals surface area contributed by atoms with E-state index in [1.165, 1.54) is 0 Å². The lowest BCUT2D eigenvalue weighted by Crippen LogP contribution is -2.26. The molecule has 4 aromatic rings. The first-order valence-corrected chi connectivity index (χ1v) is 12.9. The van der Waals surface area contributed by atoms with Crippen LogP contribution >= 0.6 is 0 Å². The Morgan fingerprint density at radius 1 is 0.692 bits per heavy atom. The minimum absolute atomic E-state index is 0.288. The number of pyridine rings is 3. The van der Waals surface area contributed by atoms with Crippen molar-refractivity contribution in [1.82, 2.24) is 24.8 Å². The van der Waals surface area contributed by atoms with Crippen LogP contribution in [0.25, 0.3) is 0 Å². The third-order valence-corrected chi connectivity index (χ3v) is 6.09. The van der Waals surface area contributed by atoms with Crippen molar-refractivity contribution in [3.63, 3.8) is 0 Å². The van der Waals surface area contributed by atoms with Crippen LogP contribution in [-0.2, 0) is 32.7 Å². The second kappa shape index (κ2) is 14.5. The van der Waals surface area contributed by atoms with Crippen molar-refractivity contribution in [3.8, 4) is 5.75 Å². The minimum atomic E-state index is 0.288. The Balaban J connectivity index is 1.55. The van der Waals surface area contributed by atoms with Crippen molar-refractivity contribution in [2.24, 2.45) is 4.99 Å². The van der Waals surface area contributed by atoms with E-state index < -0.39 is 0 Å². The summed E-state index contributed by atoms with van der Waals surface area (Å²) in [7, 11) is 0. The second-order valence-electron chi connectivity index (χ2n) is 9.26. The molecule has 0 aliphatic heterocycles. The Hall–Kier alpha value is -4.46. The van der Waals surface area contributed by atoms with E-state index in [9.17, 15) is 5.11 Å². The van der Waals surface area contributed by atoms with Gasteiger partial charge in [-0.1, -0.05) is 55.6 Å². The van der Waals surface area contributed by atoms with E-state index in [2.05, 4.69) is 42.9 Å². The molecule has 198 valence electrons. The van der Waals surface area contributed by atoms with Gasteiger partial charge < -0.3 is 5.11 Å². The number of phenolic OH excluding ortho intramolecular Hbond substituents is 1. The molecule has 0 saturated carbocycles. The van der Waals surface area contributed by atoms with Gasteiger partial charge in [0.1, 0.15) is 5.75 Å². The average molecular weight is 519 g/mol. The number of hydrogen-bond acceptors (Lipinski definition) is 7. The van der Waals surface area contributed by atoms with Crippen molar-refractivity contribution in [2.45, 2.75) is 32.7 Å². The summed E-state index contributed by atoms with van der Waals surface area (Å²) in [5, 5.41) is 11.4. The Kier molecular flexibility index (Phi) is 10.2. The number of aromatic hydroxyl groups is 1. The van der Waals surface area contributed by atoms with Crippen molar-refractivity contribution in [3.05, 3.63) is 145 Å². The molecule has 0 aliphatic carbocycles. The van der Waals surface area contributed by atoms with Crippen LogP contribution in [0.2, 0.25) is 0 Å². The third kappa shape index (κ3) is 8.81. The number of aliphatic imine (C=N–C) groups is 1. The van der Waals surface area contributed by atoms with Gasteiger partial charge in [0, 0.05) is 80.9 Å². The van der Waals surface area contributed by atoms with Gasteiger partial charge in [-0.25, -0.2) is 0 Å². The molecule has 7 heteroatoms. The van der Waals surface area contributed by atoms with Gasteiger partial charge in [-0.2, -0.15) is 0 Å². The molecule has 3 heterocycles. The maximum atomic E-state index is 11.4. The van der Waals surface area contributed by atoms with Crippen LogP contribution in [-0.4, -0.2) is 42.6 Å². The van der Waals surface area contributed by atoms with Crippen LogP contribution in [0.15, 0.2) is 121 Å². The van der Waals surface area contributed by atoms with E-state index in [-0.39, 0.29) is 5.75 Å². The zero-order valence-corrected chi connectivity index (χ0v) is 22.1. The highest BCUT2D eigenvalue weighted by Crippen LogP contribution is 2.27. The molecule has 3 aromatic heterocycles. The average Bonchev–Trinajstić information content (AvgIpc) is 2.95. The van der Waals surface area contributed by atoms with Gasteiger partial charge in [0.2, 0.25) is 0 Å². The molecular formula is C32H34N6O. The highest BCUT2D eigenvalue weighted by Gasteiger charge is 2.17. The molecule has 7 nitrogen and oxygen atoms in total. The first-order chi connectivity index (χ1) is 19.1. The third-order valence-electron chi connectivity index (χ3n) is 6.09. The predicted octanol–water partition coefficient (Wildman–Crippen LogP) is 5.55. The van der Waals surface area contributed by atoms with Crippen molar-refractivity contribution < 1.29 is 5.11 Å². The molecule has 4 rings (SSSR count). The molecule has 1 N–H and O–H groups in total. The number of aromatic nitrogens is 3. The van der Waals surface area contributed by atoms with E-state index in [1.54, 1.807) is 30.9 Å². The number of allylic oxidation sites excluding steroid dienone is 1. The van der Waals surface area contributed by atoms with Gasteiger partial charge in [-0.15, -0.1) is 0 Å². The molecule has 0 fully saturated rings. The molecule has 0 atom stereocenters. The van der Waals surface area contributed by atoms with Crippen LogP contribution in [0, 0.1) is 0 Å². The molecule has 1 aromatic carbocycles. The first-order valence-electron chi connectivity index (χ1n) is 12.9. The summed E-state index contributed by atoms with van der Waals surface area (Å²) in [5.74, 6) is 0.288. The second-order valence-corrected chi connectivity index (χ2v) is 9.26. The summed E-state index contributed by atoms with van der Waals surface area (Å²) in [6, 6.07) is 23.6. The van der Waals surface area contributed by atoms with Crippen LogP contribution in [0.3, 0.4) is 0 Å². The Morgan fingerprint density at radius 3 is 1.64 bits per heavy atom. The number of rotatable bonds is 14. The van der Waals surface area contributed by atoms with Crippen molar-refractivity contribution in [1.29, 1.82) is 0 Å². The van der Waals surface area contributed by atoms with Gasteiger partial charge in [-0.05, 0) is 36.4 Å². The van der Waals surface area contributed by atoms with Crippen LogP contribution < -0.4 is 0 Å². The number of phenols is 1. The van der Waals surface area contributed by atoms with Crippen LogP contribution in [0.5, 0.6) is 5.75 Å². The summed E-state index contributed by atoms with van der Waals surface area (Å²) in [4.78, 5) is 22.2. The van der Waals surface area contributed by atoms with E-state index in [0.717, 1.165) is 28.2 Å². The summed E-state index contributed by atoms with van der Waals surface area (Å²) >= 11 is 0. The fraction of sp³-hybridized carbons (Fsp3) is 0.188. The van der Waals surface area contributed by atoms with E-state index in [0.29, 0.717) is 45.0 Å². The summed E-state index contributed by atoms with van der Waals surface area (Å²) < 4.78 is 0. The number of benzene rings is 1. The van der Waals surface area contributed by atoms with Gasteiger partial charge in [-0.3, -0.25) is 29.7 Å². The maximum absolute atomic E-state index is 11.4. The molecule has 0 saturated heterocycles. The predicted molar refractivity (Wildman–Crippen MR) is 156 cm³/mol. The Bertz CT molecular complexity index is 1320. The molecule has 0 aliphatic rings. The fourth-order valence-corrected chi connectivity index (χ4v) is 4.34. The van der Waals surface area contributed by atoms with Crippen LogP contribution in [0.1, 0.15) is 28.2 Å². The van der Waals surface area contributed by atoms with Crippen molar-refractivity contribution in [2.75, 3.05) is 6.54 Å². The van der Waals surface area contributed by atoms with E-state index >= 15 is 0 Å². The molecule has 0 amide bonds. The lowest BCUT2D eigenvalue weighted by Gasteiger charge is -2.25. The molecule has 0 radical (unpaired) electrons. The highest BCUT2D eigenvalue weighted by atomic mass is 16.3. The minimum Gasteiger partial charge on any atom is -0.507 e. The quantitative estimate of drug-likeness (QED) is 0.221. The molecule has 0 unspecified atom stereocenters. The Morgan fingerprint density at radius 2 is 1.18 bits per heavy atom. The van der Waals surface area contributed by atoms with Crippen molar-refractivity contribution >= 4 is 6.21 Å².